The smallest absolute Gasteiger partial charge is 0.151 e. The fourth-order valence-electron chi connectivity index (χ4n) is 3.96. The van der Waals surface area contributed by atoms with Crippen LogP contribution in [0.3, 0.4) is 0 Å². The van der Waals surface area contributed by atoms with Gasteiger partial charge >= 0.3 is 0 Å². The van der Waals surface area contributed by atoms with Crippen molar-refractivity contribution in [2.75, 3.05) is 13.1 Å². The van der Waals surface area contributed by atoms with Crippen molar-refractivity contribution in [3.05, 3.63) is 82.9 Å². The highest BCUT2D eigenvalue weighted by Crippen LogP contribution is 2.27. The Hall–Kier alpha value is -2.68. The van der Waals surface area contributed by atoms with Gasteiger partial charge in [-0.1, -0.05) is 12.1 Å². The Morgan fingerprint density at radius 3 is 2.73 bits per heavy atom. The Balaban J connectivity index is 1.45. The molecular formula is C22H24F3N5. The predicted octanol–water partition coefficient (Wildman–Crippen LogP) is 3.71. The van der Waals surface area contributed by atoms with Gasteiger partial charge in [-0.15, -0.1) is 0 Å². The number of hydrogen-bond donors (Lipinski definition) is 3. The van der Waals surface area contributed by atoms with E-state index < -0.39 is 11.6 Å². The fraction of sp³-hybridized carbons (Fsp3) is 0.318. The average Bonchev–Trinajstić information content (AvgIpc) is 3.33. The van der Waals surface area contributed by atoms with Crippen LogP contribution < -0.4 is 16.2 Å². The molecule has 3 unspecified atom stereocenters. The first-order chi connectivity index (χ1) is 14.4. The first-order valence-corrected chi connectivity index (χ1v) is 9.91. The van der Waals surface area contributed by atoms with E-state index in [0.717, 1.165) is 29.4 Å². The topological polar surface area (TPSA) is 53.9 Å². The van der Waals surface area contributed by atoms with E-state index in [1.54, 1.807) is 18.3 Å². The van der Waals surface area contributed by atoms with Crippen LogP contribution in [0.5, 0.6) is 0 Å². The third kappa shape index (κ3) is 4.12. The van der Waals surface area contributed by atoms with Crippen LogP contribution >= 0.6 is 0 Å². The van der Waals surface area contributed by atoms with Crippen LogP contribution in [0.1, 0.15) is 35.8 Å². The van der Waals surface area contributed by atoms with Crippen LogP contribution in [-0.2, 0) is 0 Å². The predicted molar refractivity (Wildman–Crippen MR) is 108 cm³/mol. The van der Waals surface area contributed by atoms with E-state index in [4.69, 9.17) is 0 Å². The second-order valence-electron chi connectivity index (χ2n) is 7.64. The van der Waals surface area contributed by atoms with Crippen molar-refractivity contribution in [1.82, 2.24) is 25.9 Å². The van der Waals surface area contributed by atoms with Crippen LogP contribution in [0.2, 0.25) is 0 Å². The van der Waals surface area contributed by atoms with Gasteiger partial charge in [0, 0.05) is 42.4 Å². The summed E-state index contributed by atoms with van der Waals surface area (Å²) in [6, 6.07) is 10.0. The summed E-state index contributed by atoms with van der Waals surface area (Å²) in [6.45, 7) is 5.32. The minimum atomic E-state index is -0.658. The summed E-state index contributed by atoms with van der Waals surface area (Å²) >= 11 is 0. The molecule has 0 saturated carbocycles. The van der Waals surface area contributed by atoms with Gasteiger partial charge in [-0.3, -0.25) is 5.43 Å². The maximum Gasteiger partial charge on any atom is 0.151 e. The number of nitrogens with one attached hydrogen (secondary N) is 3. The molecule has 3 N–H and O–H groups in total. The maximum atomic E-state index is 14.2. The monoisotopic (exact) mass is 415 g/mol. The van der Waals surface area contributed by atoms with E-state index in [-0.39, 0.29) is 29.5 Å². The third-order valence-electron chi connectivity index (χ3n) is 5.64. The standard InChI is InChI=1S/C22H24F3N5/c1-13(19-12-28-30(14(19)2)21-7-6-18(24)9-20(21)25)26-10-16-11-27-29-22(16)15-4-3-5-17(23)8-15/h3-9,12-13,16,22,26-27,29H,10-11H2,1-2H3. The van der Waals surface area contributed by atoms with Crippen LogP contribution in [0.25, 0.3) is 5.69 Å². The van der Waals surface area contributed by atoms with Gasteiger partial charge < -0.3 is 5.32 Å². The summed E-state index contributed by atoms with van der Waals surface area (Å²) < 4.78 is 42.4. The highest BCUT2D eigenvalue weighted by Gasteiger charge is 2.29. The van der Waals surface area contributed by atoms with Gasteiger partial charge in [0.1, 0.15) is 17.3 Å². The number of benzene rings is 2. The summed E-state index contributed by atoms with van der Waals surface area (Å²) in [5, 5.41) is 7.80. The van der Waals surface area contributed by atoms with Gasteiger partial charge in [-0.2, -0.15) is 5.10 Å². The molecule has 0 aliphatic carbocycles. The molecule has 0 bridgehead atoms. The van der Waals surface area contributed by atoms with Gasteiger partial charge in [0.05, 0.1) is 12.2 Å². The van der Waals surface area contributed by atoms with E-state index in [1.165, 1.54) is 22.9 Å². The van der Waals surface area contributed by atoms with Crippen LogP contribution in [-0.4, -0.2) is 22.9 Å². The van der Waals surface area contributed by atoms with Crippen molar-refractivity contribution < 1.29 is 13.2 Å². The molecule has 8 heteroatoms. The number of hydrogen-bond acceptors (Lipinski definition) is 4. The van der Waals surface area contributed by atoms with E-state index in [1.807, 2.05) is 19.9 Å². The van der Waals surface area contributed by atoms with Crippen molar-refractivity contribution in [2.24, 2.45) is 5.92 Å². The van der Waals surface area contributed by atoms with Crippen molar-refractivity contribution >= 4 is 0 Å². The molecule has 3 atom stereocenters. The molecule has 30 heavy (non-hydrogen) atoms. The third-order valence-corrected chi connectivity index (χ3v) is 5.64. The molecule has 1 aliphatic heterocycles. The summed E-state index contributed by atoms with van der Waals surface area (Å²) in [5.41, 5.74) is 9.19. The van der Waals surface area contributed by atoms with Crippen LogP contribution in [0, 0.1) is 30.3 Å². The van der Waals surface area contributed by atoms with Gasteiger partial charge in [0.15, 0.2) is 5.82 Å². The highest BCUT2D eigenvalue weighted by atomic mass is 19.1. The Morgan fingerprint density at radius 2 is 1.97 bits per heavy atom. The van der Waals surface area contributed by atoms with Crippen molar-refractivity contribution in [3.63, 3.8) is 0 Å². The van der Waals surface area contributed by atoms with Crippen LogP contribution in [0.15, 0.2) is 48.7 Å². The molecule has 2 heterocycles. The molecule has 4 rings (SSSR count). The molecule has 0 spiro atoms. The Labute approximate surface area is 173 Å². The van der Waals surface area contributed by atoms with Gasteiger partial charge in [0.2, 0.25) is 0 Å². The molecule has 2 aromatic carbocycles. The summed E-state index contributed by atoms with van der Waals surface area (Å²) in [5.74, 6) is -1.31. The van der Waals surface area contributed by atoms with Crippen molar-refractivity contribution in [2.45, 2.75) is 25.9 Å². The van der Waals surface area contributed by atoms with E-state index in [2.05, 4.69) is 21.3 Å². The number of aromatic nitrogens is 2. The van der Waals surface area contributed by atoms with Gasteiger partial charge in [0.25, 0.3) is 0 Å². The number of hydrazine groups is 1. The minimum Gasteiger partial charge on any atom is -0.310 e. The Morgan fingerprint density at radius 1 is 1.17 bits per heavy atom. The molecule has 5 nitrogen and oxygen atoms in total. The lowest BCUT2D eigenvalue weighted by molar-refractivity contribution is 0.417. The quantitative estimate of drug-likeness (QED) is 0.575. The Bertz CT molecular complexity index is 1040. The zero-order chi connectivity index (χ0) is 21.3. The fourth-order valence-corrected chi connectivity index (χ4v) is 3.96. The lowest BCUT2D eigenvalue weighted by atomic mass is 9.94. The molecule has 1 aliphatic rings. The van der Waals surface area contributed by atoms with Gasteiger partial charge in [-0.25, -0.2) is 23.3 Å². The molecular weight excluding hydrogens is 391 g/mol. The van der Waals surface area contributed by atoms with Crippen molar-refractivity contribution in [1.29, 1.82) is 0 Å². The lowest BCUT2D eigenvalue weighted by Crippen LogP contribution is -2.30. The number of rotatable bonds is 6. The Kier molecular flexibility index (Phi) is 5.90. The van der Waals surface area contributed by atoms with Gasteiger partial charge in [-0.05, 0) is 43.7 Å². The van der Waals surface area contributed by atoms with E-state index in [0.29, 0.717) is 6.54 Å². The SMILES string of the molecule is Cc1c(C(C)NCC2CNNC2c2cccc(F)c2)cnn1-c1ccc(F)cc1F. The molecule has 1 saturated heterocycles. The van der Waals surface area contributed by atoms with Crippen LogP contribution in [0.4, 0.5) is 13.2 Å². The largest absolute Gasteiger partial charge is 0.310 e. The van der Waals surface area contributed by atoms with E-state index >= 15 is 0 Å². The van der Waals surface area contributed by atoms with Crippen molar-refractivity contribution in [3.8, 4) is 5.69 Å². The second-order valence-corrected chi connectivity index (χ2v) is 7.64. The molecule has 158 valence electrons. The molecule has 0 amide bonds. The zero-order valence-electron chi connectivity index (χ0n) is 16.8. The summed E-state index contributed by atoms with van der Waals surface area (Å²) in [4.78, 5) is 0. The normalized spacial score (nSPS) is 19.9. The highest BCUT2D eigenvalue weighted by molar-refractivity contribution is 5.37. The zero-order valence-corrected chi connectivity index (χ0v) is 16.8. The molecule has 0 radical (unpaired) electrons. The first-order valence-electron chi connectivity index (χ1n) is 9.91. The number of halogens is 3. The molecule has 1 fully saturated rings. The molecule has 3 aromatic rings. The van der Waals surface area contributed by atoms with E-state index in [9.17, 15) is 13.2 Å². The maximum absolute atomic E-state index is 14.2. The molecule has 1 aromatic heterocycles. The lowest BCUT2D eigenvalue weighted by Gasteiger charge is -2.22. The average molecular weight is 415 g/mol. The first kappa shape index (κ1) is 20.6. The summed E-state index contributed by atoms with van der Waals surface area (Å²) in [7, 11) is 0. The minimum absolute atomic E-state index is 0.00229. The second kappa shape index (κ2) is 8.59. The summed E-state index contributed by atoms with van der Waals surface area (Å²) in [6.07, 6.45) is 1.70. The number of nitrogens with zero attached hydrogens (tertiary/aromatic N) is 2.